The Morgan fingerprint density at radius 1 is 1.47 bits per heavy atom. The van der Waals surface area contributed by atoms with Gasteiger partial charge in [0.15, 0.2) is 0 Å². The molecule has 2 atom stereocenters. The van der Waals surface area contributed by atoms with Crippen LogP contribution < -0.4 is 10.6 Å². The molecule has 1 aliphatic rings. The van der Waals surface area contributed by atoms with Crippen LogP contribution in [0.4, 0.5) is 5.69 Å². The predicted molar refractivity (Wildman–Crippen MR) is 72.1 cm³/mol. The molecule has 0 aromatic heterocycles. The average molecular weight is 262 g/mol. The van der Waals surface area contributed by atoms with Crippen molar-refractivity contribution in [1.82, 2.24) is 5.32 Å². The maximum atomic E-state index is 12.2. The van der Waals surface area contributed by atoms with Gasteiger partial charge in [-0.1, -0.05) is 25.1 Å². The molecule has 0 saturated carbocycles. The molecule has 1 aliphatic heterocycles. The Bertz CT molecular complexity index is 487. The van der Waals surface area contributed by atoms with Crippen LogP contribution in [0.5, 0.6) is 0 Å². The van der Waals surface area contributed by atoms with E-state index < -0.39 is 12.0 Å². The predicted octanol–water partition coefficient (Wildman–Crippen LogP) is 1.57. The fraction of sp³-hybridized carbons (Fsp3) is 0.429. The molecule has 1 aromatic rings. The van der Waals surface area contributed by atoms with Crippen LogP contribution in [0.2, 0.25) is 0 Å². The van der Waals surface area contributed by atoms with Crippen LogP contribution in [0.3, 0.4) is 0 Å². The van der Waals surface area contributed by atoms with Crippen LogP contribution in [0.25, 0.3) is 0 Å². The van der Waals surface area contributed by atoms with Crippen LogP contribution in [0, 0.1) is 0 Å². The zero-order chi connectivity index (χ0) is 13.8. The fourth-order valence-electron chi connectivity index (χ4n) is 2.35. The summed E-state index contributed by atoms with van der Waals surface area (Å²) >= 11 is 0. The van der Waals surface area contributed by atoms with Crippen molar-refractivity contribution in [2.75, 3.05) is 11.9 Å². The zero-order valence-corrected chi connectivity index (χ0v) is 10.8. The number of rotatable bonds is 4. The van der Waals surface area contributed by atoms with Crippen molar-refractivity contribution in [2.45, 2.75) is 31.7 Å². The second-order valence-corrected chi connectivity index (χ2v) is 4.66. The van der Waals surface area contributed by atoms with E-state index in [2.05, 4.69) is 10.6 Å². The van der Waals surface area contributed by atoms with Gasteiger partial charge in [-0.05, 0) is 24.5 Å². The van der Waals surface area contributed by atoms with E-state index in [1.165, 1.54) is 0 Å². The molecule has 1 heterocycles. The maximum absolute atomic E-state index is 12.2. The van der Waals surface area contributed by atoms with Gasteiger partial charge in [0.2, 0.25) is 5.91 Å². The van der Waals surface area contributed by atoms with Gasteiger partial charge in [-0.15, -0.1) is 0 Å². The van der Waals surface area contributed by atoms with Crippen LogP contribution in [0.15, 0.2) is 24.3 Å². The van der Waals surface area contributed by atoms with E-state index in [-0.39, 0.29) is 11.8 Å². The van der Waals surface area contributed by atoms with Crippen LogP contribution in [-0.4, -0.2) is 29.6 Å². The molecule has 0 fully saturated rings. The number of para-hydroxylation sites is 1. The van der Waals surface area contributed by atoms with Crippen molar-refractivity contribution in [3.05, 3.63) is 29.8 Å². The van der Waals surface area contributed by atoms with Gasteiger partial charge in [0.05, 0.1) is 5.92 Å². The molecule has 0 radical (unpaired) electrons. The minimum atomic E-state index is -0.988. The Morgan fingerprint density at radius 2 is 2.21 bits per heavy atom. The van der Waals surface area contributed by atoms with Gasteiger partial charge in [0, 0.05) is 12.2 Å². The van der Waals surface area contributed by atoms with E-state index in [9.17, 15) is 9.59 Å². The Labute approximate surface area is 112 Å². The SMILES string of the molecule is CCC(NC(=O)C1CCNc2ccccc21)C(=O)O. The van der Waals surface area contributed by atoms with Crippen molar-refractivity contribution in [3.63, 3.8) is 0 Å². The number of hydrogen-bond donors (Lipinski definition) is 3. The standard InChI is InChI=1S/C14H18N2O3/c1-2-11(14(18)19)16-13(17)10-7-8-15-12-6-4-3-5-9(10)12/h3-6,10-11,15H,2,7-8H2,1H3,(H,16,17)(H,18,19). The highest BCUT2D eigenvalue weighted by atomic mass is 16.4. The minimum Gasteiger partial charge on any atom is -0.480 e. The number of carbonyl (C=O) groups excluding carboxylic acids is 1. The van der Waals surface area contributed by atoms with Gasteiger partial charge < -0.3 is 15.7 Å². The second-order valence-electron chi connectivity index (χ2n) is 4.66. The van der Waals surface area contributed by atoms with Crippen LogP contribution in [-0.2, 0) is 9.59 Å². The molecular weight excluding hydrogens is 244 g/mol. The summed E-state index contributed by atoms with van der Waals surface area (Å²) in [6, 6.07) is 6.84. The second kappa shape index (κ2) is 5.73. The minimum absolute atomic E-state index is 0.205. The summed E-state index contributed by atoms with van der Waals surface area (Å²) in [5.74, 6) is -1.47. The quantitative estimate of drug-likeness (QED) is 0.769. The molecule has 2 rings (SSSR count). The number of amides is 1. The van der Waals surface area contributed by atoms with E-state index >= 15 is 0 Å². The molecule has 1 aromatic carbocycles. The van der Waals surface area contributed by atoms with Crippen LogP contribution >= 0.6 is 0 Å². The molecule has 3 N–H and O–H groups in total. The lowest BCUT2D eigenvalue weighted by molar-refractivity contribution is -0.142. The van der Waals surface area contributed by atoms with E-state index in [0.29, 0.717) is 12.8 Å². The number of fused-ring (bicyclic) bond motifs is 1. The number of anilines is 1. The van der Waals surface area contributed by atoms with Gasteiger partial charge in [-0.2, -0.15) is 0 Å². The summed E-state index contributed by atoms with van der Waals surface area (Å²) in [7, 11) is 0. The third-order valence-electron chi connectivity index (χ3n) is 3.42. The van der Waals surface area contributed by atoms with Gasteiger partial charge in [-0.3, -0.25) is 4.79 Å². The molecule has 2 unspecified atom stereocenters. The van der Waals surface area contributed by atoms with E-state index in [4.69, 9.17) is 5.11 Å². The molecule has 0 bridgehead atoms. The average Bonchev–Trinajstić information content (AvgIpc) is 2.43. The van der Waals surface area contributed by atoms with E-state index in [0.717, 1.165) is 17.8 Å². The summed E-state index contributed by atoms with van der Waals surface area (Å²) in [6.45, 7) is 2.47. The molecule has 0 aliphatic carbocycles. The summed E-state index contributed by atoms with van der Waals surface area (Å²) in [5, 5.41) is 14.8. The van der Waals surface area contributed by atoms with Gasteiger partial charge in [0.25, 0.3) is 0 Å². The third-order valence-corrected chi connectivity index (χ3v) is 3.42. The number of nitrogens with one attached hydrogen (secondary N) is 2. The number of aliphatic carboxylic acids is 1. The molecule has 0 saturated heterocycles. The first-order valence-electron chi connectivity index (χ1n) is 6.49. The number of carboxylic acids is 1. The summed E-state index contributed by atoms with van der Waals surface area (Å²) in [5.41, 5.74) is 1.89. The van der Waals surface area contributed by atoms with Crippen molar-refractivity contribution in [2.24, 2.45) is 0 Å². The lowest BCUT2D eigenvalue weighted by Gasteiger charge is -2.26. The Balaban J connectivity index is 2.15. The van der Waals surface area contributed by atoms with Crippen molar-refractivity contribution in [1.29, 1.82) is 0 Å². The zero-order valence-electron chi connectivity index (χ0n) is 10.8. The normalized spacial score (nSPS) is 18.9. The largest absolute Gasteiger partial charge is 0.480 e. The number of carbonyl (C=O) groups is 2. The number of carboxylic acid groups (broad SMARTS) is 1. The van der Waals surface area contributed by atoms with Crippen molar-refractivity contribution in [3.8, 4) is 0 Å². The molecule has 0 spiro atoms. The van der Waals surface area contributed by atoms with Crippen molar-refractivity contribution < 1.29 is 14.7 Å². The van der Waals surface area contributed by atoms with Gasteiger partial charge in [0.1, 0.15) is 6.04 Å². The summed E-state index contributed by atoms with van der Waals surface area (Å²) in [6.07, 6.45) is 1.06. The summed E-state index contributed by atoms with van der Waals surface area (Å²) in [4.78, 5) is 23.2. The Hall–Kier alpha value is -2.04. The maximum Gasteiger partial charge on any atom is 0.326 e. The van der Waals surface area contributed by atoms with E-state index in [1.807, 2.05) is 24.3 Å². The van der Waals surface area contributed by atoms with E-state index in [1.54, 1.807) is 6.92 Å². The van der Waals surface area contributed by atoms with Gasteiger partial charge in [-0.25, -0.2) is 4.79 Å². The summed E-state index contributed by atoms with van der Waals surface area (Å²) < 4.78 is 0. The van der Waals surface area contributed by atoms with Gasteiger partial charge >= 0.3 is 5.97 Å². The highest BCUT2D eigenvalue weighted by molar-refractivity contribution is 5.89. The Kier molecular flexibility index (Phi) is 4.04. The van der Waals surface area contributed by atoms with Crippen LogP contribution in [0.1, 0.15) is 31.2 Å². The smallest absolute Gasteiger partial charge is 0.326 e. The first-order chi connectivity index (χ1) is 9.13. The number of hydrogen-bond acceptors (Lipinski definition) is 3. The molecule has 19 heavy (non-hydrogen) atoms. The molecule has 5 nitrogen and oxygen atoms in total. The lowest BCUT2D eigenvalue weighted by atomic mass is 9.90. The molecule has 102 valence electrons. The number of benzene rings is 1. The fourth-order valence-corrected chi connectivity index (χ4v) is 2.35. The molecular formula is C14H18N2O3. The monoisotopic (exact) mass is 262 g/mol. The lowest BCUT2D eigenvalue weighted by Crippen LogP contribution is -2.43. The first kappa shape index (κ1) is 13.4. The highest BCUT2D eigenvalue weighted by Gasteiger charge is 2.28. The molecule has 5 heteroatoms. The molecule has 1 amide bonds. The van der Waals surface area contributed by atoms with Crippen molar-refractivity contribution >= 4 is 17.6 Å². The topological polar surface area (TPSA) is 78.4 Å². The highest BCUT2D eigenvalue weighted by Crippen LogP contribution is 2.31. The first-order valence-corrected chi connectivity index (χ1v) is 6.49. The third kappa shape index (κ3) is 2.86. The Morgan fingerprint density at radius 3 is 2.89 bits per heavy atom.